The van der Waals surface area contributed by atoms with Crippen molar-refractivity contribution in [2.24, 2.45) is 11.3 Å². The lowest BCUT2D eigenvalue weighted by Gasteiger charge is -2.49. The monoisotopic (exact) mass is 265 g/mol. The maximum atomic E-state index is 2.73. The molecule has 0 aliphatic carbocycles. The van der Waals surface area contributed by atoms with E-state index in [1.165, 1.54) is 26.8 Å². The lowest BCUT2D eigenvalue weighted by atomic mass is 9.45. The Bertz CT molecular complexity index is 268. The van der Waals surface area contributed by atoms with Crippen LogP contribution in [0.25, 0.3) is 0 Å². The largest absolute Gasteiger partial charge is 0.299 e. The molecule has 0 aromatic rings. The number of nitrogens with zero attached hydrogens (tertiary/aromatic N) is 1. The first-order valence-corrected chi connectivity index (χ1v) is 8.04. The Morgan fingerprint density at radius 2 is 1.37 bits per heavy atom. The molecule has 1 aliphatic heterocycles. The minimum Gasteiger partial charge on any atom is -0.299 e. The molecular weight excluding hydrogens is 229 g/mol. The Labute approximate surface area is 122 Å². The van der Waals surface area contributed by atoms with Gasteiger partial charge in [0.1, 0.15) is 7.28 Å². The van der Waals surface area contributed by atoms with Crippen LogP contribution in [0.3, 0.4) is 0 Å². The standard InChI is InChI=1S/C17H36BN/c1-15(2,3)13-10-14(18-16(4,5)6)12-19(11-13)17(7,8)9/h13-14,18H,10-12H2,1-9H3. The van der Waals surface area contributed by atoms with Crippen molar-refractivity contribution in [1.29, 1.82) is 0 Å². The molecule has 19 heavy (non-hydrogen) atoms. The average Bonchev–Trinajstić information content (AvgIpc) is 2.11. The van der Waals surface area contributed by atoms with E-state index in [2.05, 4.69) is 67.2 Å². The van der Waals surface area contributed by atoms with E-state index in [4.69, 9.17) is 0 Å². The summed E-state index contributed by atoms with van der Waals surface area (Å²) < 4.78 is 0. The van der Waals surface area contributed by atoms with E-state index in [0.29, 0.717) is 16.3 Å². The van der Waals surface area contributed by atoms with Gasteiger partial charge in [-0.2, -0.15) is 0 Å². The van der Waals surface area contributed by atoms with Gasteiger partial charge in [-0.05, 0) is 38.6 Å². The fourth-order valence-electron chi connectivity index (χ4n) is 3.39. The van der Waals surface area contributed by atoms with Crippen LogP contribution in [-0.2, 0) is 0 Å². The molecule has 1 rings (SSSR count). The van der Waals surface area contributed by atoms with E-state index in [1.807, 2.05) is 0 Å². The molecule has 2 unspecified atom stereocenters. The minimum atomic E-state index is 0.306. The van der Waals surface area contributed by atoms with Crippen LogP contribution in [0.4, 0.5) is 0 Å². The van der Waals surface area contributed by atoms with Gasteiger partial charge >= 0.3 is 0 Å². The van der Waals surface area contributed by atoms with E-state index in [-0.39, 0.29) is 0 Å². The van der Waals surface area contributed by atoms with Gasteiger partial charge in [0.2, 0.25) is 0 Å². The van der Waals surface area contributed by atoms with Crippen molar-refractivity contribution < 1.29 is 0 Å². The van der Waals surface area contributed by atoms with Gasteiger partial charge in [-0.1, -0.05) is 59.1 Å². The highest BCUT2D eigenvalue weighted by atomic mass is 15.2. The Kier molecular flexibility index (Phi) is 4.88. The minimum absolute atomic E-state index is 0.306. The van der Waals surface area contributed by atoms with Gasteiger partial charge in [0.25, 0.3) is 0 Å². The second-order valence-electron chi connectivity index (χ2n) is 10.0. The van der Waals surface area contributed by atoms with Crippen molar-refractivity contribution in [2.75, 3.05) is 13.1 Å². The molecule has 1 heterocycles. The quantitative estimate of drug-likeness (QED) is 0.626. The number of piperidine rings is 1. The van der Waals surface area contributed by atoms with Gasteiger partial charge in [-0.25, -0.2) is 0 Å². The molecule has 0 aromatic heterocycles. The van der Waals surface area contributed by atoms with Gasteiger partial charge in [0.05, 0.1) is 0 Å². The molecule has 0 saturated carbocycles. The summed E-state index contributed by atoms with van der Waals surface area (Å²) in [4.78, 5) is 2.73. The van der Waals surface area contributed by atoms with E-state index < -0.39 is 0 Å². The lowest BCUT2D eigenvalue weighted by molar-refractivity contribution is 0.0384. The predicted octanol–water partition coefficient (Wildman–Crippen LogP) is 4.60. The van der Waals surface area contributed by atoms with E-state index in [1.54, 1.807) is 0 Å². The van der Waals surface area contributed by atoms with Crippen LogP contribution in [0.1, 0.15) is 68.7 Å². The zero-order valence-electron chi connectivity index (χ0n) is 14.9. The molecule has 1 fully saturated rings. The molecule has 0 radical (unpaired) electrons. The summed E-state index contributed by atoms with van der Waals surface area (Å²) in [6, 6.07) is 0. The molecule has 1 nitrogen and oxygen atoms in total. The fraction of sp³-hybridized carbons (Fsp3) is 1.00. The first-order valence-electron chi connectivity index (χ1n) is 8.04. The normalized spacial score (nSPS) is 27.4. The van der Waals surface area contributed by atoms with Crippen molar-refractivity contribution in [3.8, 4) is 0 Å². The third kappa shape index (κ3) is 5.49. The molecule has 112 valence electrons. The molecule has 1 aliphatic rings. The Morgan fingerprint density at radius 1 is 0.842 bits per heavy atom. The lowest BCUT2D eigenvalue weighted by Crippen LogP contribution is -2.52. The van der Waals surface area contributed by atoms with Crippen molar-refractivity contribution in [2.45, 2.75) is 85.4 Å². The second kappa shape index (κ2) is 5.43. The number of hydrogen-bond donors (Lipinski definition) is 0. The van der Waals surface area contributed by atoms with Gasteiger partial charge in [-0.15, -0.1) is 0 Å². The predicted molar refractivity (Wildman–Crippen MR) is 89.5 cm³/mol. The Balaban J connectivity index is 2.84. The van der Waals surface area contributed by atoms with E-state index >= 15 is 0 Å². The molecule has 2 atom stereocenters. The third-order valence-corrected chi connectivity index (χ3v) is 4.61. The molecule has 2 heteroatoms. The van der Waals surface area contributed by atoms with Gasteiger partial charge in [0, 0.05) is 12.1 Å². The maximum absolute atomic E-state index is 2.73. The van der Waals surface area contributed by atoms with Crippen LogP contribution in [0.5, 0.6) is 0 Å². The SMILES string of the molecule is CC(C)(C)BC1CC(C(C)(C)C)CN(C(C)(C)C)C1. The van der Waals surface area contributed by atoms with Crippen LogP contribution in [0, 0.1) is 11.3 Å². The zero-order chi connectivity index (χ0) is 15.1. The van der Waals surface area contributed by atoms with Crippen molar-refractivity contribution >= 4 is 7.28 Å². The van der Waals surface area contributed by atoms with Gasteiger partial charge < -0.3 is 0 Å². The summed E-state index contributed by atoms with van der Waals surface area (Å²) in [5, 5.41) is 0.452. The summed E-state index contributed by atoms with van der Waals surface area (Å²) in [6.45, 7) is 24.1. The topological polar surface area (TPSA) is 3.24 Å². The first-order chi connectivity index (χ1) is 8.29. The zero-order valence-corrected chi connectivity index (χ0v) is 14.9. The smallest absolute Gasteiger partial charge is 0.132 e. The molecule has 0 amide bonds. The fourth-order valence-corrected chi connectivity index (χ4v) is 3.39. The first kappa shape index (κ1) is 17.1. The van der Waals surface area contributed by atoms with Crippen molar-refractivity contribution in [1.82, 2.24) is 4.90 Å². The summed E-state index contributed by atoms with van der Waals surface area (Å²) >= 11 is 0. The maximum Gasteiger partial charge on any atom is 0.132 e. The third-order valence-electron chi connectivity index (χ3n) is 4.61. The number of likely N-dealkylation sites (tertiary alicyclic amines) is 1. The van der Waals surface area contributed by atoms with Gasteiger partial charge in [0.15, 0.2) is 0 Å². The molecule has 0 N–H and O–H groups in total. The highest BCUT2D eigenvalue weighted by Gasteiger charge is 2.38. The number of hydrogen-bond acceptors (Lipinski definition) is 1. The summed E-state index contributed by atoms with van der Waals surface area (Å²) in [5.74, 6) is 1.69. The highest BCUT2D eigenvalue weighted by molar-refractivity contribution is 6.41. The van der Waals surface area contributed by atoms with Crippen LogP contribution in [0.15, 0.2) is 0 Å². The summed E-state index contributed by atoms with van der Waals surface area (Å²) in [7, 11) is 1.35. The molecule has 0 aromatic carbocycles. The van der Waals surface area contributed by atoms with Crippen molar-refractivity contribution in [3.05, 3.63) is 0 Å². The van der Waals surface area contributed by atoms with Crippen LogP contribution >= 0.6 is 0 Å². The van der Waals surface area contributed by atoms with Crippen LogP contribution < -0.4 is 0 Å². The Morgan fingerprint density at radius 3 is 1.74 bits per heavy atom. The average molecular weight is 265 g/mol. The molecule has 1 saturated heterocycles. The Hall–Kier alpha value is 0.0249. The summed E-state index contributed by atoms with van der Waals surface area (Å²) in [5.41, 5.74) is 0.736. The van der Waals surface area contributed by atoms with Crippen LogP contribution in [0.2, 0.25) is 11.1 Å². The molecular formula is C17H36BN. The molecule has 0 bridgehead atoms. The van der Waals surface area contributed by atoms with Gasteiger partial charge in [-0.3, -0.25) is 4.90 Å². The van der Waals surface area contributed by atoms with Crippen molar-refractivity contribution in [3.63, 3.8) is 0 Å². The highest BCUT2D eigenvalue weighted by Crippen LogP contribution is 2.42. The second-order valence-corrected chi connectivity index (χ2v) is 10.0. The van der Waals surface area contributed by atoms with Crippen LogP contribution in [-0.4, -0.2) is 30.8 Å². The van der Waals surface area contributed by atoms with E-state index in [0.717, 1.165) is 11.7 Å². The number of rotatable bonds is 1. The molecule has 0 spiro atoms. The summed E-state index contributed by atoms with van der Waals surface area (Å²) in [6.07, 6.45) is 1.41. The van der Waals surface area contributed by atoms with E-state index in [9.17, 15) is 0 Å².